The van der Waals surface area contributed by atoms with Gasteiger partial charge in [0.25, 0.3) is 0 Å². The number of nitrogens with one attached hydrogen (secondary N) is 1. The first-order valence-corrected chi connectivity index (χ1v) is 10.3. The molecule has 0 aliphatic rings. The van der Waals surface area contributed by atoms with Gasteiger partial charge in [-0.1, -0.05) is 69.4 Å². The van der Waals surface area contributed by atoms with Crippen molar-refractivity contribution in [2.75, 3.05) is 0 Å². The third kappa shape index (κ3) is 3.72. The van der Waals surface area contributed by atoms with Crippen molar-refractivity contribution in [3.05, 3.63) is 54.1 Å². The summed E-state index contributed by atoms with van der Waals surface area (Å²) >= 11 is 0. The zero-order valence-electron chi connectivity index (χ0n) is 16.4. The Hall–Kier alpha value is -2.88. The molecule has 0 saturated heterocycles. The van der Waals surface area contributed by atoms with Crippen molar-refractivity contribution < 1.29 is 5.11 Å². The van der Waals surface area contributed by atoms with Crippen LogP contribution in [0.2, 0.25) is 0 Å². The summed E-state index contributed by atoms with van der Waals surface area (Å²) in [6.07, 6.45) is 8.74. The third-order valence-electron chi connectivity index (χ3n) is 5.49. The van der Waals surface area contributed by atoms with Crippen LogP contribution in [0, 0.1) is 0 Å². The first-order valence-electron chi connectivity index (χ1n) is 10.3. The minimum atomic E-state index is 0.284. The fourth-order valence-corrected chi connectivity index (χ4v) is 3.94. The van der Waals surface area contributed by atoms with Crippen LogP contribution in [-0.4, -0.2) is 20.5 Å². The number of unbranched alkanes of at least 4 members (excludes halogenated alkanes) is 5. The van der Waals surface area contributed by atoms with Crippen molar-refractivity contribution in [1.82, 2.24) is 15.4 Å². The molecule has 2 N–H and O–H groups in total. The average Bonchev–Trinajstić information content (AvgIpc) is 3.21. The molecule has 0 bridgehead atoms. The van der Waals surface area contributed by atoms with E-state index in [1.165, 1.54) is 44.1 Å². The lowest BCUT2D eigenvalue weighted by Crippen LogP contribution is -1.90. The molecule has 0 unspecified atom stereocenters. The lowest BCUT2D eigenvalue weighted by molar-refractivity contribution is 0.477. The van der Waals surface area contributed by atoms with Crippen LogP contribution in [0.5, 0.6) is 5.75 Å². The molecule has 4 aromatic rings. The van der Waals surface area contributed by atoms with Crippen molar-refractivity contribution in [2.45, 2.75) is 51.9 Å². The first kappa shape index (κ1) is 18.5. The molecule has 144 valence electrons. The standard InChI is InChI=1S/C24H27N3O/c1-2-3-4-5-6-7-10-17-13-14-22(28)20(15-17)21-16-18-11-8-9-12-19(18)23-24(21)26-27-25-23/h8-9,11-16,28H,2-7,10H2,1H3,(H,25,26,27). The molecule has 4 nitrogen and oxygen atoms in total. The molecule has 4 heteroatoms. The van der Waals surface area contributed by atoms with Gasteiger partial charge in [-0.05, 0) is 42.0 Å². The highest BCUT2D eigenvalue weighted by Crippen LogP contribution is 2.37. The number of aromatic amines is 1. The SMILES string of the molecule is CCCCCCCCc1ccc(O)c(-c2cc3ccccc3c3n[nH]nc23)c1. The number of benzene rings is 3. The van der Waals surface area contributed by atoms with Crippen molar-refractivity contribution in [3.8, 4) is 16.9 Å². The molecule has 0 amide bonds. The summed E-state index contributed by atoms with van der Waals surface area (Å²) in [7, 11) is 0. The van der Waals surface area contributed by atoms with Crippen molar-refractivity contribution >= 4 is 21.8 Å². The summed E-state index contributed by atoms with van der Waals surface area (Å²) < 4.78 is 0. The lowest BCUT2D eigenvalue weighted by Gasteiger charge is -2.10. The molecule has 0 aliphatic heterocycles. The molecule has 28 heavy (non-hydrogen) atoms. The quantitative estimate of drug-likeness (QED) is 0.352. The van der Waals surface area contributed by atoms with Crippen molar-refractivity contribution in [1.29, 1.82) is 0 Å². The largest absolute Gasteiger partial charge is 0.507 e. The Labute approximate surface area is 165 Å². The average molecular weight is 374 g/mol. The Morgan fingerprint density at radius 1 is 0.821 bits per heavy atom. The number of aryl methyl sites for hydroxylation is 1. The van der Waals surface area contributed by atoms with Gasteiger partial charge in [-0.2, -0.15) is 15.4 Å². The van der Waals surface area contributed by atoms with Gasteiger partial charge in [-0.15, -0.1) is 0 Å². The summed E-state index contributed by atoms with van der Waals surface area (Å²) in [6, 6.07) is 16.2. The predicted molar refractivity (Wildman–Crippen MR) is 116 cm³/mol. The molecule has 0 fully saturated rings. The second kappa shape index (κ2) is 8.42. The van der Waals surface area contributed by atoms with Gasteiger partial charge in [0.2, 0.25) is 0 Å². The van der Waals surface area contributed by atoms with E-state index in [1.54, 1.807) is 0 Å². The fourth-order valence-electron chi connectivity index (χ4n) is 3.94. The maximum atomic E-state index is 10.6. The molecule has 4 rings (SSSR count). The monoisotopic (exact) mass is 373 g/mol. The Morgan fingerprint density at radius 2 is 1.61 bits per heavy atom. The van der Waals surface area contributed by atoms with Crippen LogP contribution >= 0.6 is 0 Å². The van der Waals surface area contributed by atoms with E-state index < -0.39 is 0 Å². The number of phenolic OH excluding ortho intramolecular Hbond substituents is 1. The van der Waals surface area contributed by atoms with Crippen LogP contribution < -0.4 is 0 Å². The number of rotatable bonds is 8. The van der Waals surface area contributed by atoms with E-state index in [2.05, 4.69) is 46.6 Å². The van der Waals surface area contributed by atoms with Crippen LogP contribution in [-0.2, 0) is 6.42 Å². The van der Waals surface area contributed by atoms with E-state index in [0.717, 1.165) is 39.4 Å². The van der Waals surface area contributed by atoms with Crippen LogP contribution in [0.3, 0.4) is 0 Å². The van der Waals surface area contributed by atoms with Gasteiger partial charge in [0, 0.05) is 16.5 Å². The number of hydrogen-bond donors (Lipinski definition) is 2. The molecule has 1 aromatic heterocycles. The molecule has 0 aliphatic carbocycles. The third-order valence-corrected chi connectivity index (χ3v) is 5.49. The highest BCUT2D eigenvalue weighted by molar-refractivity contribution is 6.10. The van der Waals surface area contributed by atoms with Crippen LogP contribution in [0.15, 0.2) is 48.5 Å². The van der Waals surface area contributed by atoms with Crippen LogP contribution in [0.4, 0.5) is 0 Å². The molecular formula is C24H27N3O. The number of H-pyrrole nitrogens is 1. The zero-order valence-corrected chi connectivity index (χ0v) is 16.4. The Morgan fingerprint density at radius 3 is 2.50 bits per heavy atom. The summed E-state index contributed by atoms with van der Waals surface area (Å²) in [5, 5.41) is 24.2. The van der Waals surface area contributed by atoms with E-state index >= 15 is 0 Å². The van der Waals surface area contributed by atoms with Crippen LogP contribution in [0.1, 0.15) is 51.0 Å². The maximum absolute atomic E-state index is 10.6. The Bertz CT molecular complexity index is 1080. The molecule has 1 heterocycles. The molecule has 0 spiro atoms. The number of phenols is 1. The summed E-state index contributed by atoms with van der Waals surface area (Å²) in [6.45, 7) is 2.25. The van der Waals surface area contributed by atoms with E-state index in [-0.39, 0.29) is 5.75 Å². The highest BCUT2D eigenvalue weighted by atomic mass is 16.3. The number of aromatic nitrogens is 3. The second-order valence-corrected chi connectivity index (χ2v) is 7.54. The smallest absolute Gasteiger partial charge is 0.123 e. The number of aromatic hydroxyl groups is 1. The molecule has 3 aromatic carbocycles. The van der Waals surface area contributed by atoms with Gasteiger partial charge in [0.1, 0.15) is 16.8 Å². The summed E-state index contributed by atoms with van der Waals surface area (Å²) in [4.78, 5) is 0. The Kier molecular flexibility index (Phi) is 5.56. The zero-order chi connectivity index (χ0) is 19.3. The molecule has 0 saturated carbocycles. The highest BCUT2D eigenvalue weighted by Gasteiger charge is 2.15. The Balaban J connectivity index is 1.64. The number of hydrogen-bond acceptors (Lipinski definition) is 3. The van der Waals surface area contributed by atoms with Crippen molar-refractivity contribution in [3.63, 3.8) is 0 Å². The molecular weight excluding hydrogens is 346 g/mol. The lowest BCUT2D eigenvalue weighted by atomic mass is 9.95. The predicted octanol–water partition coefficient (Wildman–Crippen LogP) is 6.39. The normalized spacial score (nSPS) is 11.5. The minimum Gasteiger partial charge on any atom is -0.507 e. The number of fused-ring (bicyclic) bond motifs is 3. The van der Waals surface area contributed by atoms with Gasteiger partial charge in [0.15, 0.2) is 0 Å². The fraction of sp³-hybridized carbons (Fsp3) is 0.333. The van der Waals surface area contributed by atoms with E-state index in [0.29, 0.717) is 0 Å². The summed E-state index contributed by atoms with van der Waals surface area (Å²) in [5.74, 6) is 0.284. The minimum absolute atomic E-state index is 0.284. The summed E-state index contributed by atoms with van der Waals surface area (Å²) in [5.41, 5.74) is 4.64. The van der Waals surface area contributed by atoms with E-state index in [9.17, 15) is 5.11 Å². The van der Waals surface area contributed by atoms with Gasteiger partial charge in [0.05, 0.1) is 0 Å². The topological polar surface area (TPSA) is 61.8 Å². The van der Waals surface area contributed by atoms with Gasteiger partial charge in [-0.3, -0.25) is 0 Å². The van der Waals surface area contributed by atoms with Gasteiger partial charge < -0.3 is 5.11 Å². The molecule has 0 radical (unpaired) electrons. The van der Waals surface area contributed by atoms with E-state index in [4.69, 9.17) is 0 Å². The van der Waals surface area contributed by atoms with Crippen LogP contribution in [0.25, 0.3) is 32.9 Å². The first-order chi connectivity index (χ1) is 13.8. The molecule has 0 atom stereocenters. The second-order valence-electron chi connectivity index (χ2n) is 7.54. The maximum Gasteiger partial charge on any atom is 0.123 e. The number of nitrogens with zero attached hydrogens (tertiary/aromatic N) is 2. The van der Waals surface area contributed by atoms with Gasteiger partial charge in [-0.25, -0.2) is 0 Å². The van der Waals surface area contributed by atoms with Crippen molar-refractivity contribution in [2.24, 2.45) is 0 Å². The van der Waals surface area contributed by atoms with E-state index in [1.807, 2.05) is 24.3 Å². The van der Waals surface area contributed by atoms with Gasteiger partial charge >= 0.3 is 0 Å².